The minimum absolute atomic E-state index is 0.168. The first-order chi connectivity index (χ1) is 13.6. The molecule has 0 unspecified atom stereocenters. The zero-order valence-electron chi connectivity index (χ0n) is 14.4. The molecule has 7 nitrogen and oxygen atoms in total. The van der Waals surface area contributed by atoms with E-state index in [0.29, 0.717) is 5.39 Å². The molecule has 0 fully saturated rings. The van der Waals surface area contributed by atoms with E-state index in [1.807, 2.05) is 0 Å². The molecule has 10 heteroatoms. The lowest BCUT2D eigenvalue weighted by Crippen LogP contribution is -2.40. The second-order valence-electron chi connectivity index (χ2n) is 5.72. The van der Waals surface area contributed by atoms with Gasteiger partial charge in [0.25, 0.3) is 0 Å². The Labute approximate surface area is 163 Å². The fraction of sp³-hybridized carbons (Fsp3) is 0.0526. The third kappa shape index (κ3) is 4.08. The number of carbonyl (C=O) groups excluding carboxylic acids is 2. The van der Waals surface area contributed by atoms with E-state index in [2.05, 4.69) is 4.74 Å². The van der Waals surface area contributed by atoms with Crippen molar-refractivity contribution in [3.8, 4) is 11.5 Å². The van der Waals surface area contributed by atoms with E-state index in [0.717, 1.165) is 17.5 Å². The highest BCUT2D eigenvalue weighted by Gasteiger charge is 2.49. The molecule has 0 aliphatic heterocycles. The summed E-state index contributed by atoms with van der Waals surface area (Å²) in [5.74, 6) is -4.19. The van der Waals surface area contributed by atoms with Crippen LogP contribution in [0.1, 0.15) is 10.4 Å². The molecule has 29 heavy (non-hydrogen) atoms. The lowest BCUT2D eigenvalue weighted by molar-refractivity contribution is -0.151. The molecule has 0 saturated carbocycles. The van der Waals surface area contributed by atoms with E-state index in [1.54, 1.807) is 36.4 Å². The molecule has 0 amide bonds. The van der Waals surface area contributed by atoms with Crippen LogP contribution in [-0.2, 0) is 14.9 Å². The van der Waals surface area contributed by atoms with Crippen LogP contribution in [0.4, 0.5) is 8.78 Å². The summed E-state index contributed by atoms with van der Waals surface area (Å²) in [5, 5.41) is -3.95. The Morgan fingerprint density at radius 1 is 0.828 bits per heavy atom. The van der Waals surface area contributed by atoms with Crippen molar-refractivity contribution in [1.82, 2.24) is 0 Å². The van der Waals surface area contributed by atoms with E-state index in [4.69, 9.17) is 4.74 Å². The van der Waals surface area contributed by atoms with Crippen molar-refractivity contribution in [2.45, 2.75) is 5.25 Å². The van der Waals surface area contributed by atoms with Gasteiger partial charge < -0.3 is 14.0 Å². The van der Waals surface area contributed by atoms with Gasteiger partial charge in [-0.1, -0.05) is 48.5 Å². The second kappa shape index (κ2) is 7.57. The van der Waals surface area contributed by atoms with Crippen molar-refractivity contribution >= 4 is 32.8 Å². The fourth-order valence-corrected chi connectivity index (χ4v) is 2.67. The molecule has 0 aliphatic carbocycles. The average molecular weight is 421 g/mol. The third-order valence-corrected chi connectivity index (χ3v) is 4.61. The van der Waals surface area contributed by atoms with Crippen molar-refractivity contribution in [3.63, 3.8) is 0 Å². The normalized spacial score (nSPS) is 11.8. The summed E-state index contributed by atoms with van der Waals surface area (Å²) >= 11 is 0. The average Bonchev–Trinajstić information content (AvgIpc) is 2.67. The molecule has 0 bridgehead atoms. The Bertz CT molecular complexity index is 1200. The number of para-hydroxylation sites is 1. The van der Waals surface area contributed by atoms with Gasteiger partial charge >= 0.3 is 17.2 Å². The first kappa shape index (κ1) is 20.4. The molecule has 0 aromatic heterocycles. The molecule has 150 valence electrons. The Hall–Kier alpha value is -3.37. The highest BCUT2D eigenvalue weighted by Crippen LogP contribution is 2.29. The summed E-state index contributed by atoms with van der Waals surface area (Å²) in [6.07, 6.45) is 0. The van der Waals surface area contributed by atoms with Gasteiger partial charge in [0.15, 0.2) is 10.1 Å². The Balaban J connectivity index is 1.90. The minimum Gasteiger partial charge on any atom is -0.743 e. The molecule has 3 aromatic carbocycles. The van der Waals surface area contributed by atoms with Crippen molar-refractivity contribution < 1.29 is 40.8 Å². The van der Waals surface area contributed by atoms with Gasteiger partial charge in [-0.3, -0.25) is 0 Å². The molecule has 0 aliphatic rings. The van der Waals surface area contributed by atoms with Gasteiger partial charge in [-0.2, -0.15) is 8.78 Å². The lowest BCUT2D eigenvalue weighted by atomic mass is 10.1. The smallest absolute Gasteiger partial charge is 0.429 e. The van der Waals surface area contributed by atoms with Crippen molar-refractivity contribution in [1.29, 1.82) is 0 Å². The number of alkyl halides is 2. The van der Waals surface area contributed by atoms with E-state index in [9.17, 15) is 31.3 Å². The Kier molecular flexibility index (Phi) is 5.31. The van der Waals surface area contributed by atoms with Crippen molar-refractivity contribution in [2.24, 2.45) is 0 Å². The maximum absolute atomic E-state index is 13.4. The number of carbonyl (C=O) groups is 2. The van der Waals surface area contributed by atoms with E-state index in [-0.39, 0.29) is 5.75 Å². The predicted molar refractivity (Wildman–Crippen MR) is 95.6 cm³/mol. The molecule has 0 atom stereocenters. The van der Waals surface area contributed by atoms with Crippen LogP contribution in [0.15, 0.2) is 66.7 Å². The molecular formula is C19H11F2O7S-. The highest BCUT2D eigenvalue weighted by molar-refractivity contribution is 7.87. The first-order valence-electron chi connectivity index (χ1n) is 7.96. The van der Waals surface area contributed by atoms with Crippen molar-refractivity contribution in [2.75, 3.05) is 0 Å². The van der Waals surface area contributed by atoms with Crippen LogP contribution >= 0.6 is 0 Å². The maximum atomic E-state index is 13.4. The minimum atomic E-state index is -6.30. The van der Waals surface area contributed by atoms with Crippen molar-refractivity contribution in [3.05, 3.63) is 72.3 Å². The summed E-state index contributed by atoms with van der Waals surface area (Å²) in [4.78, 5) is 24.0. The first-order valence-corrected chi connectivity index (χ1v) is 9.36. The van der Waals surface area contributed by atoms with Crippen LogP contribution in [0, 0.1) is 0 Å². The van der Waals surface area contributed by atoms with E-state index >= 15 is 0 Å². The molecule has 0 spiro atoms. The number of esters is 2. The monoisotopic (exact) mass is 421 g/mol. The van der Waals surface area contributed by atoms with Gasteiger partial charge in [0.1, 0.15) is 17.1 Å². The quantitative estimate of drug-likeness (QED) is 0.354. The van der Waals surface area contributed by atoms with E-state index < -0.39 is 38.6 Å². The van der Waals surface area contributed by atoms with Crippen LogP contribution in [-0.4, -0.2) is 30.2 Å². The fourth-order valence-electron chi connectivity index (χ4n) is 2.43. The standard InChI is InChI=1S/C19H12F2O7S/c20-19(21,29(24,25)26)18(23)28-16-10-4-3-9-14(16)17(22)27-15-11-5-7-12-6-1-2-8-13(12)15/h1-11H,(H,24,25,26)/p-1. The van der Waals surface area contributed by atoms with Gasteiger partial charge in [-0.25, -0.2) is 18.0 Å². The number of ether oxygens (including phenoxy) is 2. The van der Waals surface area contributed by atoms with Crippen LogP contribution in [0.2, 0.25) is 0 Å². The molecular weight excluding hydrogens is 410 g/mol. The Morgan fingerprint density at radius 2 is 1.41 bits per heavy atom. The number of halogens is 2. The SMILES string of the molecule is O=C(Oc1cccc2ccccc12)c1ccccc1OC(=O)C(F)(F)S(=O)(=O)[O-]. The van der Waals surface area contributed by atoms with Gasteiger partial charge in [0, 0.05) is 5.39 Å². The van der Waals surface area contributed by atoms with Crippen LogP contribution in [0.3, 0.4) is 0 Å². The summed E-state index contributed by atoms with van der Waals surface area (Å²) in [5.41, 5.74) is -0.423. The van der Waals surface area contributed by atoms with E-state index in [1.165, 1.54) is 18.2 Å². The number of hydrogen-bond donors (Lipinski definition) is 0. The van der Waals surface area contributed by atoms with Crippen LogP contribution < -0.4 is 9.47 Å². The lowest BCUT2D eigenvalue weighted by Gasteiger charge is -2.18. The maximum Gasteiger partial charge on any atom is 0.429 e. The summed E-state index contributed by atoms with van der Waals surface area (Å²) in [7, 11) is -6.30. The van der Waals surface area contributed by atoms with Gasteiger partial charge in [0.05, 0.1) is 0 Å². The van der Waals surface area contributed by atoms with Gasteiger partial charge in [0.2, 0.25) is 0 Å². The zero-order chi connectivity index (χ0) is 21.2. The molecule has 3 rings (SSSR count). The van der Waals surface area contributed by atoms with Crippen LogP contribution in [0.25, 0.3) is 10.8 Å². The number of hydrogen-bond acceptors (Lipinski definition) is 7. The second-order valence-corrected chi connectivity index (χ2v) is 7.14. The Morgan fingerprint density at radius 3 is 2.14 bits per heavy atom. The molecule has 0 N–H and O–H groups in total. The third-order valence-electron chi connectivity index (χ3n) is 3.81. The summed E-state index contributed by atoms with van der Waals surface area (Å²) in [6, 6.07) is 16.6. The molecule has 3 aromatic rings. The van der Waals surface area contributed by atoms with Gasteiger partial charge in [-0.15, -0.1) is 0 Å². The molecule has 0 heterocycles. The zero-order valence-corrected chi connectivity index (χ0v) is 15.2. The predicted octanol–water partition coefficient (Wildman–Crippen LogP) is 3.10. The number of fused-ring (bicyclic) bond motifs is 1. The highest BCUT2D eigenvalue weighted by atomic mass is 32.2. The van der Waals surface area contributed by atoms with Gasteiger partial charge in [-0.05, 0) is 23.6 Å². The number of benzene rings is 3. The largest absolute Gasteiger partial charge is 0.743 e. The molecule has 0 radical (unpaired) electrons. The summed E-state index contributed by atoms with van der Waals surface area (Å²) in [6.45, 7) is 0. The number of rotatable bonds is 5. The van der Waals surface area contributed by atoms with Crippen LogP contribution in [0.5, 0.6) is 11.5 Å². The topological polar surface area (TPSA) is 110 Å². The molecule has 0 saturated heterocycles. The summed E-state index contributed by atoms with van der Waals surface area (Å²) < 4.78 is 68.1.